The van der Waals surface area contributed by atoms with Gasteiger partial charge in [-0.25, -0.2) is 4.79 Å². The fraction of sp³-hybridized carbons (Fsp3) is 0.579. The summed E-state index contributed by atoms with van der Waals surface area (Å²) in [7, 11) is 1.70. The zero-order valence-corrected chi connectivity index (χ0v) is 16.0. The second-order valence-electron chi connectivity index (χ2n) is 6.56. The summed E-state index contributed by atoms with van der Waals surface area (Å²) in [5.74, 6) is 1.74. The van der Waals surface area contributed by atoms with Gasteiger partial charge in [-0.1, -0.05) is 12.1 Å². The molecule has 7 heteroatoms. The van der Waals surface area contributed by atoms with Gasteiger partial charge in [0.25, 0.3) is 0 Å². The van der Waals surface area contributed by atoms with E-state index in [0.717, 1.165) is 43.1 Å². The molecule has 0 atom stereocenters. The number of primary amides is 1. The number of aryl methyl sites for hydroxylation is 1. The summed E-state index contributed by atoms with van der Waals surface area (Å²) in [6.45, 7) is 6.98. The number of nitrogens with two attached hydrogens (primary N) is 1. The molecule has 0 aromatic heterocycles. The standard InChI is InChI=1S/C19H31N5O2/c1-4-21-19(23-16-8-11-24(12-9-16)18(20)25)22-10-7-15-6-5-14(2)17(13-15)26-3/h5-6,13,16H,4,7-12H2,1-3H3,(H2,20,25)(H2,21,22,23). The van der Waals surface area contributed by atoms with E-state index in [1.54, 1.807) is 12.0 Å². The van der Waals surface area contributed by atoms with Crippen LogP contribution in [-0.4, -0.2) is 56.2 Å². The maximum absolute atomic E-state index is 11.2. The topological polar surface area (TPSA) is 92.0 Å². The van der Waals surface area contributed by atoms with Crippen LogP contribution in [0.5, 0.6) is 5.75 Å². The maximum atomic E-state index is 11.2. The van der Waals surface area contributed by atoms with Crippen molar-refractivity contribution >= 4 is 12.0 Å². The minimum atomic E-state index is -0.336. The minimum absolute atomic E-state index is 0.308. The third kappa shape index (κ3) is 5.82. The molecule has 4 N–H and O–H groups in total. The molecule has 2 amide bonds. The van der Waals surface area contributed by atoms with E-state index in [9.17, 15) is 4.79 Å². The van der Waals surface area contributed by atoms with Crippen molar-refractivity contribution < 1.29 is 9.53 Å². The second kappa shape index (κ2) is 9.89. The molecule has 26 heavy (non-hydrogen) atoms. The fourth-order valence-electron chi connectivity index (χ4n) is 3.07. The Labute approximate surface area is 156 Å². The van der Waals surface area contributed by atoms with Crippen LogP contribution in [0.3, 0.4) is 0 Å². The van der Waals surface area contributed by atoms with Crippen LogP contribution in [0.15, 0.2) is 23.2 Å². The van der Waals surface area contributed by atoms with E-state index < -0.39 is 0 Å². The molecule has 0 unspecified atom stereocenters. The van der Waals surface area contributed by atoms with Crippen LogP contribution in [0, 0.1) is 6.92 Å². The number of carbonyl (C=O) groups is 1. The molecule has 0 bridgehead atoms. The van der Waals surface area contributed by atoms with Gasteiger partial charge in [0.1, 0.15) is 5.75 Å². The van der Waals surface area contributed by atoms with Crippen LogP contribution < -0.4 is 21.1 Å². The molecule has 0 spiro atoms. The van der Waals surface area contributed by atoms with E-state index in [-0.39, 0.29) is 6.03 Å². The van der Waals surface area contributed by atoms with Crippen LogP contribution in [-0.2, 0) is 6.42 Å². The monoisotopic (exact) mass is 361 g/mol. The number of nitrogens with zero attached hydrogens (tertiary/aromatic N) is 2. The summed E-state index contributed by atoms with van der Waals surface area (Å²) in [6, 6.07) is 6.24. The van der Waals surface area contributed by atoms with Crippen molar-refractivity contribution in [2.24, 2.45) is 10.7 Å². The zero-order valence-electron chi connectivity index (χ0n) is 16.0. The van der Waals surface area contributed by atoms with Gasteiger partial charge in [0.05, 0.1) is 7.11 Å². The van der Waals surface area contributed by atoms with Gasteiger partial charge in [0.15, 0.2) is 5.96 Å². The van der Waals surface area contributed by atoms with Crippen LogP contribution in [0.4, 0.5) is 4.79 Å². The van der Waals surface area contributed by atoms with Gasteiger partial charge in [-0.05, 0) is 50.3 Å². The van der Waals surface area contributed by atoms with Crippen molar-refractivity contribution in [1.29, 1.82) is 0 Å². The molecule has 2 rings (SSSR count). The van der Waals surface area contributed by atoms with Crippen LogP contribution in [0.25, 0.3) is 0 Å². The van der Waals surface area contributed by atoms with E-state index >= 15 is 0 Å². The third-order valence-corrected chi connectivity index (χ3v) is 4.63. The number of hydrogen-bond donors (Lipinski definition) is 3. The first-order chi connectivity index (χ1) is 12.5. The Morgan fingerprint density at radius 1 is 1.38 bits per heavy atom. The number of carbonyl (C=O) groups excluding carboxylic acids is 1. The highest BCUT2D eigenvalue weighted by Crippen LogP contribution is 2.19. The molecule has 0 aliphatic carbocycles. The van der Waals surface area contributed by atoms with Gasteiger partial charge in [-0.15, -0.1) is 0 Å². The molecule has 1 aromatic rings. The van der Waals surface area contributed by atoms with Crippen molar-refractivity contribution in [3.63, 3.8) is 0 Å². The SMILES string of the molecule is CCNC(=NCCc1ccc(C)c(OC)c1)NC1CCN(C(N)=O)CC1. The number of benzene rings is 1. The van der Waals surface area contributed by atoms with Crippen LogP contribution in [0.2, 0.25) is 0 Å². The Kier molecular flexibility index (Phi) is 7.56. The van der Waals surface area contributed by atoms with E-state index in [4.69, 9.17) is 10.5 Å². The Morgan fingerprint density at radius 2 is 2.12 bits per heavy atom. The lowest BCUT2D eigenvalue weighted by Gasteiger charge is -2.32. The van der Waals surface area contributed by atoms with Gasteiger partial charge in [0, 0.05) is 32.2 Å². The summed E-state index contributed by atoms with van der Waals surface area (Å²) in [6.07, 6.45) is 2.61. The van der Waals surface area contributed by atoms with Gasteiger partial charge < -0.3 is 26.0 Å². The largest absolute Gasteiger partial charge is 0.496 e. The Morgan fingerprint density at radius 3 is 2.73 bits per heavy atom. The van der Waals surface area contributed by atoms with Crippen molar-refractivity contribution in [3.05, 3.63) is 29.3 Å². The lowest BCUT2D eigenvalue weighted by atomic mass is 10.1. The van der Waals surface area contributed by atoms with Crippen molar-refractivity contribution in [3.8, 4) is 5.75 Å². The highest BCUT2D eigenvalue weighted by molar-refractivity contribution is 5.80. The van der Waals surface area contributed by atoms with E-state index in [1.165, 1.54) is 5.56 Å². The number of methoxy groups -OCH3 is 1. The van der Waals surface area contributed by atoms with Gasteiger partial charge >= 0.3 is 6.03 Å². The number of ether oxygens (including phenoxy) is 1. The predicted molar refractivity (Wildman–Crippen MR) is 105 cm³/mol. The van der Waals surface area contributed by atoms with Gasteiger partial charge in [-0.2, -0.15) is 0 Å². The lowest BCUT2D eigenvalue weighted by Crippen LogP contribution is -2.50. The average Bonchev–Trinajstić information content (AvgIpc) is 2.63. The van der Waals surface area contributed by atoms with E-state index in [0.29, 0.717) is 25.7 Å². The molecule has 7 nitrogen and oxygen atoms in total. The molecular weight excluding hydrogens is 330 g/mol. The molecule has 1 aliphatic heterocycles. The van der Waals surface area contributed by atoms with Crippen molar-refractivity contribution in [2.75, 3.05) is 33.3 Å². The number of nitrogens with one attached hydrogen (secondary N) is 2. The van der Waals surface area contributed by atoms with E-state index in [1.807, 2.05) is 6.92 Å². The first-order valence-corrected chi connectivity index (χ1v) is 9.26. The predicted octanol–water partition coefficient (Wildman–Crippen LogP) is 1.64. The van der Waals surface area contributed by atoms with E-state index in [2.05, 4.69) is 40.7 Å². The van der Waals surface area contributed by atoms with Crippen LogP contribution >= 0.6 is 0 Å². The van der Waals surface area contributed by atoms with Crippen LogP contribution in [0.1, 0.15) is 30.9 Å². The number of aliphatic imine (C=N–C) groups is 1. The molecular formula is C19H31N5O2. The first-order valence-electron chi connectivity index (χ1n) is 9.26. The zero-order chi connectivity index (χ0) is 18.9. The Balaban J connectivity index is 1.87. The summed E-state index contributed by atoms with van der Waals surface area (Å²) < 4.78 is 5.38. The number of rotatable bonds is 6. The normalized spacial score (nSPS) is 15.7. The summed E-state index contributed by atoms with van der Waals surface area (Å²) >= 11 is 0. The number of guanidine groups is 1. The molecule has 1 saturated heterocycles. The Bertz CT molecular complexity index is 624. The molecule has 1 heterocycles. The lowest BCUT2D eigenvalue weighted by molar-refractivity contribution is 0.188. The number of likely N-dealkylation sites (tertiary alicyclic amines) is 1. The number of piperidine rings is 1. The summed E-state index contributed by atoms with van der Waals surface area (Å²) in [5, 5.41) is 6.76. The smallest absolute Gasteiger partial charge is 0.314 e. The molecule has 144 valence electrons. The highest BCUT2D eigenvalue weighted by atomic mass is 16.5. The van der Waals surface area contributed by atoms with Gasteiger partial charge in [-0.3, -0.25) is 4.99 Å². The van der Waals surface area contributed by atoms with Gasteiger partial charge in [0.2, 0.25) is 0 Å². The highest BCUT2D eigenvalue weighted by Gasteiger charge is 2.21. The maximum Gasteiger partial charge on any atom is 0.314 e. The quantitative estimate of drug-likeness (QED) is 0.531. The van der Waals surface area contributed by atoms with Crippen molar-refractivity contribution in [1.82, 2.24) is 15.5 Å². The molecule has 0 radical (unpaired) electrons. The summed E-state index contributed by atoms with van der Waals surface area (Å²) in [5.41, 5.74) is 7.68. The second-order valence-corrected chi connectivity index (χ2v) is 6.56. The minimum Gasteiger partial charge on any atom is -0.496 e. The molecule has 0 saturated carbocycles. The number of urea groups is 1. The number of hydrogen-bond acceptors (Lipinski definition) is 3. The molecule has 1 aromatic carbocycles. The van der Waals surface area contributed by atoms with Crippen molar-refractivity contribution in [2.45, 2.75) is 39.2 Å². The molecule has 1 aliphatic rings. The average molecular weight is 361 g/mol. The Hall–Kier alpha value is -2.44. The summed E-state index contributed by atoms with van der Waals surface area (Å²) in [4.78, 5) is 17.6. The molecule has 1 fully saturated rings. The first kappa shape index (κ1) is 19.9. The fourth-order valence-corrected chi connectivity index (χ4v) is 3.07. The number of amides is 2. The third-order valence-electron chi connectivity index (χ3n) is 4.63.